The van der Waals surface area contributed by atoms with Crippen LogP contribution in [0.2, 0.25) is 0 Å². The highest BCUT2D eigenvalue weighted by molar-refractivity contribution is 7.13. The Labute approximate surface area is 130 Å². The molecule has 5 nitrogen and oxygen atoms in total. The summed E-state index contributed by atoms with van der Waals surface area (Å²) < 4.78 is 0. The van der Waals surface area contributed by atoms with Gasteiger partial charge in [-0.3, -0.25) is 9.59 Å². The Morgan fingerprint density at radius 3 is 2.71 bits per heavy atom. The van der Waals surface area contributed by atoms with E-state index in [2.05, 4.69) is 17.2 Å². The van der Waals surface area contributed by atoms with Crippen LogP contribution in [0.1, 0.15) is 52.9 Å². The van der Waals surface area contributed by atoms with Crippen LogP contribution >= 0.6 is 11.3 Å². The summed E-state index contributed by atoms with van der Waals surface area (Å²) in [5.74, 6) is -0.124. The van der Waals surface area contributed by atoms with Crippen LogP contribution in [0.3, 0.4) is 0 Å². The molecule has 1 rings (SSSR count). The van der Waals surface area contributed by atoms with Crippen LogP contribution in [0, 0.1) is 0 Å². The first-order valence-electron chi connectivity index (χ1n) is 7.57. The molecule has 1 aromatic rings. The van der Waals surface area contributed by atoms with E-state index in [9.17, 15) is 9.59 Å². The topological polar surface area (TPSA) is 62.3 Å². The van der Waals surface area contributed by atoms with Gasteiger partial charge in [0.1, 0.15) is 6.54 Å². The van der Waals surface area contributed by atoms with E-state index in [0.29, 0.717) is 11.6 Å². The zero-order valence-electron chi connectivity index (χ0n) is 13.1. The maximum Gasteiger partial charge on any atom is 0.245 e. The molecule has 0 aliphatic carbocycles. The minimum Gasteiger partial charge on any atom is -0.331 e. The van der Waals surface area contributed by atoms with Gasteiger partial charge in [0.05, 0.1) is 0 Å². The zero-order chi connectivity index (χ0) is 15.7. The smallest absolute Gasteiger partial charge is 0.245 e. The first-order chi connectivity index (χ1) is 10.1. The van der Waals surface area contributed by atoms with Gasteiger partial charge in [0.25, 0.3) is 0 Å². The molecule has 0 radical (unpaired) electrons. The van der Waals surface area contributed by atoms with Crippen LogP contribution < -0.4 is 5.32 Å². The second kappa shape index (κ2) is 9.50. The minimum atomic E-state index is -0.186. The van der Waals surface area contributed by atoms with Crippen molar-refractivity contribution in [3.8, 4) is 0 Å². The van der Waals surface area contributed by atoms with Crippen molar-refractivity contribution in [2.75, 3.05) is 11.9 Å². The molecular weight excluding hydrogens is 286 g/mol. The third-order valence-electron chi connectivity index (χ3n) is 3.43. The van der Waals surface area contributed by atoms with Crippen molar-refractivity contribution in [3.05, 3.63) is 11.6 Å². The number of nitrogens with one attached hydrogen (secondary N) is 1. The Balaban J connectivity index is 2.56. The molecule has 118 valence electrons. The Morgan fingerprint density at radius 2 is 2.14 bits per heavy atom. The molecule has 0 saturated heterocycles. The van der Waals surface area contributed by atoms with Crippen molar-refractivity contribution in [1.82, 2.24) is 9.88 Å². The van der Waals surface area contributed by atoms with Crippen molar-refractivity contribution < 1.29 is 9.59 Å². The van der Waals surface area contributed by atoms with E-state index in [0.717, 1.165) is 25.7 Å². The lowest BCUT2D eigenvalue weighted by Gasteiger charge is -2.28. The molecule has 6 heteroatoms. The number of unbranched alkanes of at least 4 members (excludes halogenated alkanes) is 2. The maximum atomic E-state index is 12.3. The average molecular weight is 311 g/mol. The largest absolute Gasteiger partial charge is 0.331 e. The lowest BCUT2D eigenvalue weighted by molar-refractivity contribution is -0.136. The minimum absolute atomic E-state index is 0.0621. The number of carbonyl (C=O) groups excluding carboxylic acids is 2. The van der Waals surface area contributed by atoms with E-state index in [1.807, 2.05) is 13.8 Å². The molecule has 1 heterocycles. The molecule has 0 saturated carbocycles. The summed E-state index contributed by atoms with van der Waals surface area (Å²) in [6, 6.07) is 0.0705. The highest BCUT2D eigenvalue weighted by atomic mass is 32.1. The number of hydrogen-bond donors (Lipinski definition) is 1. The van der Waals surface area contributed by atoms with Crippen LogP contribution in [0.5, 0.6) is 0 Å². The molecule has 1 N–H and O–H groups in total. The maximum absolute atomic E-state index is 12.3. The van der Waals surface area contributed by atoms with Crippen LogP contribution in [0.15, 0.2) is 11.6 Å². The van der Waals surface area contributed by atoms with Crippen molar-refractivity contribution in [3.63, 3.8) is 0 Å². The van der Waals surface area contributed by atoms with Crippen LogP contribution in [0.4, 0.5) is 5.13 Å². The Morgan fingerprint density at radius 1 is 1.38 bits per heavy atom. The summed E-state index contributed by atoms with van der Waals surface area (Å²) in [6.07, 6.45) is 6.01. The predicted octanol–water partition coefficient (Wildman–Crippen LogP) is 3.29. The predicted molar refractivity (Wildman–Crippen MR) is 86.4 cm³/mol. The molecule has 0 aromatic carbocycles. The van der Waals surface area contributed by atoms with Crippen molar-refractivity contribution in [1.29, 1.82) is 0 Å². The van der Waals surface area contributed by atoms with Crippen LogP contribution in [-0.2, 0) is 9.59 Å². The Bertz CT molecular complexity index is 434. The van der Waals surface area contributed by atoms with Gasteiger partial charge in [0, 0.05) is 24.0 Å². The first kappa shape index (κ1) is 17.6. The third kappa shape index (κ3) is 6.25. The summed E-state index contributed by atoms with van der Waals surface area (Å²) in [7, 11) is 0. The molecule has 1 unspecified atom stereocenters. The van der Waals surface area contributed by atoms with E-state index in [1.54, 1.807) is 16.5 Å². The van der Waals surface area contributed by atoms with Gasteiger partial charge in [-0.05, 0) is 19.8 Å². The summed E-state index contributed by atoms with van der Waals surface area (Å²) in [5.41, 5.74) is 0. The van der Waals surface area contributed by atoms with Crippen LogP contribution in [-0.4, -0.2) is 34.3 Å². The molecule has 1 aromatic heterocycles. The fraction of sp³-hybridized carbons (Fsp3) is 0.667. The van der Waals surface area contributed by atoms with Gasteiger partial charge in [0.15, 0.2) is 5.13 Å². The number of hydrogen-bond acceptors (Lipinski definition) is 4. The lowest BCUT2D eigenvalue weighted by Crippen LogP contribution is -2.43. The molecule has 2 amide bonds. The molecular formula is C15H25N3O2S. The van der Waals surface area contributed by atoms with Gasteiger partial charge in [-0.15, -0.1) is 11.3 Å². The number of nitrogens with zero attached hydrogens (tertiary/aromatic N) is 2. The quantitative estimate of drug-likeness (QED) is 0.712. The number of anilines is 1. The monoisotopic (exact) mass is 311 g/mol. The molecule has 0 aliphatic heterocycles. The molecule has 0 fully saturated rings. The number of aromatic nitrogens is 1. The summed E-state index contributed by atoms with van der Waals surface area (Å²) >= 11 is 1.37. The highest BCUT2D eigenvalue weighted by Gasteiger charge is 2.21. The van der Waals surface area contributed by atoms with Gasteiger partial charge in [0.2, 0.25) is 11.8 Å². The fourth-order valence-electron chi connectivity index (χ4n) is 1.98. The number of carbonyl (C=O) groups is 2. The lowest BCUT2D eigenvalue weighted by atomic mass is 10.1. The van der Waals surface area contributed by atoms with Gasteiger partial charge in [-0.2, -0.15) is 0 Å². The van der Waals surface area contributed by atoms with E-state index in [4.69, 9.17) is 0 Å². The van der Waals surface area contributed by atoms with E-state index < -0.39 is 0 Å². The second-order valence-corrected chi connectivity index (χ2v) is 6.02. The zero-order valence-corrected chi connectivity index (χ0v) is 13.9. The van der Waals surface area contributed by atoms with Gasteiger partial charge in [-0.1, -0.05) is 26.7 Å². The molecule has 21 heavy (non-hydrogen) atoms. The van der Waals surface area contributed by atoms with Crippen molar-refractivity contribution >= 4 is 28.3 Å². The molecule has 0 aliphatic rings. The molecule has 0 bridgehead atoms. The summed E-state index contributed by atoms with van der Waals surface area (Å²) in [4.78, 5) is 30.0. The first-order valence-corrected chi connectivity index (χ1v) is 8.45. The van der Waals surface area contributed by atoms with Gasteiger partial charge < -0.3 is 10.2 Å². The van der Waals surface area contributed by atoms with E-state index in [1.165, 1.54) is 11.3 Å². The number of thiazole rings is 1. The van der Waals surface area contributed by atoms with E-state index in [-0.39, 0.29) is 24.4 Å². The average Bonchev–Trinajstić information content (AvgIpc) is 2.96. The summed E-state index contributed by atoms with van der Waals surface area (Å²) in [6.45, 7) is 6.21. The fourth-order valence-corrected chi connectivity index (χ4v) is 2.52. The van der Waals surface area contributed by atoms with Crippen molar-refractivity contribution in [2.24, 2.45) is 0 Å². The number of rotatable bonds is 9. The van der Waals surface area contributed by atoms with Crippen LogP contribution in [0.25, 0.3) is 0 Å². The standard InChI is InChI=1S/C15H25N3O2S/c1-4-6-7-8-14(20)18(12(3)5-2)11-13(19)17-15-16-9-10-21-15/h9-10,12H,4-8,11H2,1-3H3,(H,16,17,19). The van der Waals surface area contributed by atoms with Gasteiger partial charge >= 0.3 is 0 Å². The highest BCUT2D eigenvalue weighted by Crippen LogP contribution is 2.12. The SMILES string of the molecule is CCCCCC(=O)N(CC(=O)Nc1nccs1)C(C)CC. The summed E-state index contributed by atoms with van der Waals surface area (Å²) in [5, 5.41) is 5.10. The second-order valence-electron chi connectivity index (χ2n) is 5.12. The number of amides is 2. The Kier molecular flexibility index (Phi) is 7.97. The van der Waals surface area contributed by atoms with Crippen molar-refractivity contribution in [2.45, 2.75) is 58.9 Å². The van der Waals surface area contributed by atoms with Gasteiger partial charge in [-0.25, -0.2) is 4.98 Å². The third-order valence-corrected chi connectivity index (χ3v) is 4.12. The Hall–Kier alpha value is -1.43. The molecule has 1 atom stereocenters. The molecule has 0 spiro atoms. The normalized spacial score (nSPS) is 12.0. The van der Waals surface area contributed by atoms with E-state index >= 15 is 0 Å².